The van der Waals surface area contributed by atoms with Gasteiger partial charge in [0, 0.05) is 16.5 Å². The van der Waals surface area contributed by atoms with Crippen molar-refractivity contribution in [3.8, 4) is 5.75 Å². The van der Waals surface area contributed by atoms with Gasteiger partial charge in [-0.05, 0) is 37.5 Å². The van der Waals surface area contributed by atoms with Crippen molar-refractivity contribution in [2.24, 2.45) is 0 Å². The van der Waals surface area contributed by atoms with E-state index in [0.717, 1.165) is 33.2 Å². The number of rotatable bonds is 3. The lowest BCUT2D eigenvalue weighted by Gasteiger charge is -2.17. The van der Waals surface area contributed by atoms with Crippen LogP contribution in [0.5, 0.6) is 5.75 Å². The van der Waals surface area contributed by atoms with E-state index in [-0.39, 0.29) is 0 Å². The molecule has 0 radical (unpaired) electrons. The van der Waals surface area contributed by atoms with Crippen LogP contribution in [0.3, 0.4) is 0 Å². The van der Waals surface area contributed by atoms with Crippen LogP contribution in [-0.4, -0.2) is 13.4 Å². The second-order valence-corrected chi connectivity index (χ2v) is 4.36. The van der Waals surface area contributed by atoms with Crippen LogP contribution < -0.4 is 4.74 Å². The molecule has 1 aromatic carbocycles. The molecule has 0 atom stereocenters. The van der Waals surface area contributed by atoms with E-state index in [1.165, 1.54) is 5.56 Å². The predicted octanol–water partition coefficient (Wildman–Crippen LogP) is 3.12. The van der Waals surface area contributed by atoms with Crippen LogP contribution in [0.1, 0.15) is 22.3 Å². The van der Waals surface area contributed by atoms with Crippen molar-refractivity contribution in [1.82, 2.24) is 0 Å². The summed E-state index contributed by atoms with van der Waals surface area (Å²) in [5.74, 6) is 0.834. The summed E-state index contributed by atoms with van der Waals surface area (Å²) >= 11 is 3.54. The number of carbonyl (C=O) groups is 1. The number of benzene rings is 1. The molecular weight excluding hydrogens is 256 g/mol. The molecule has 0 spiro atoms. The van der Waals surface area contributed by atoms with Gasteiger partial charge >= 0.3 is 0 Å². The molecule has 0 aromatic heterocycles. The first-order valence-electron chi connectivity index (χ1n) is 4.80. The van der Waals surface area contributed by atoms with Crippen LogP contribution in [-0.2, 0) is 11.2 Å². The average Bonchev–Trinajstić information content (AvgIpc) is 2.24. The van der Waals surface area contributed by atoms with Crippen molar-refractivity contribution < 1.29 is 9.53 Å². The topological polar surface area (TPSA) is 26.3 Å². The maximum absolute atomic E-state index is 10.6. The maximum atomic E-state index is 10.6. The summed E-state index contributed by atoms with van der Waals surface area (Å²) in [5.41, 5.74) is 4.32. The molecule has 0 fully saturated rings. The monoisotopic (exact) mass is 270 g/mol. The summed E-state index contributed by atoms with van der Waals surface area (Å²) < 4.78 is 6.43. The van der Waals surface area contributed by atoms with Gasteiger partial charge in [0.15, 0.2) is 0 Å². The third-order valence-electron chi connectivity index (χ3n) is 2.78. The van der Waals surface area contributed by atoms with Gasteiger partial charge < -0.3 is 9.53 Å². The van der Waals surface area contributed by atoms with E-state index in [4.69, 9.17) is 4.74 Å². The fraction of sp³-hybridized carbons (Fsp3) is 0.417. The lowest BCUT2D eigenvalue weighted by molar-refractivity contribution is -0.107. The second kappa shape index (κ2) is 4.79. The van der Waals surface area contributed by atoms with Gasteiger partial charge in [0.25, 0.3) is 0 Å². The van der Waals surface area contributed by atoms with Gasteiger partial charge in [-0.3, -0.25) is 0 Å². The number of hydrogen-bond acceptors (Lipinski definition) is 2. The highest BCUT2D eigenvalue weighted by Crippen LogP contribution is 2.35. The molecule has 0 saturated carbocycles. The molecular formula is C12H15BrO2. The van der Waals surface area contributed by atoms with E-state index in [0.29, 0.717) is 6.42 Å². The van der Waals surface area contributed by atoms with E-state index in [2.05, 4.69) is 15.9 Å². The SMILES string of the molecule is COc1c(C)c(C)c(Br)c(C)c1CC=O. The van der Waals surface area contributed by atoms with Crippen LogP contribution in [0, 0.1) is 20.8 Å². The van der Waals surface area contributed by atoms with Gasteiger partial charge in [0.05, 0.1) is 7.11 Å². The summed E-state index contributed by atoms with van der Waals surface area (Å²) in [6.07, 6.45) is 1.31. The minimum absolute atomic E-state index is 0.398. The van der Waals surface area contributed by atoms with Gasteiger partial charge in [-0.15, -0.1) is 0 Å². The first kappa shape index (κ1) is 12.2. The minimum Gasteiger partial charge on any atom is -0.496 e. The molecule has 0 heterocycles. The van der Waals surface area contributed by atoms with Crippen molar-refractivity contribution in [2.75, 3.05) is 7.11 Å². The fourth-order valence-corrected chi connectivity index (χ4v) is 2.29. The fourth-order valence-electron chi connectivity index (χ4n) is 1.75. The largest absolute Gasteiger partial charge is 0.496 e. The predicted molar refractivity (Wildman–Crippen MR) is 64.7 cm³/mol. The van der Waals surface area contributed by atoms with Crippen molar-refractivity contribution in [3.05, 3.63) is 26.7 Å². The van der Waals surface area contributed by atoms with Gasteiger partial charge in [0.1, 0.15) is 12.0 Å². The minimum atomic E-state index is 0.398. The van der Waals surface area contributed by atoms with Crippen LogP contribution in [0.25, 0.3) is 0 Å². The zero-order chi connectivity index (χ0) is 11.6. The van der Waals surface area contributed by atoms with Crippen molar-refractivity contribution in [3.63, 3.8) is 0 Å². The number of hydrogen-bond donors (Lipinski definition) is 0. The molecule has 1 aromatic rings. The molecule has 0 aliphatic rings. The Balaban J connectivity index is 3.53. The number of methoxy groups -OCH3 is 1. The summed E-state index contributed by atoms with van der Waals surface area (Å²) in [5, 5.41) is 0. The zero-order valence-electron chi connectivity index (χ0n) is 9.48. The van der Waals surface area contributed by atoms with Crippen LogP contribution in [0.4, 0.5) is 0 Å². The number of halogens is 1. The molecule has 0 N–H and O–H groups in total. The van der Waals surface area contributed by atoms with Gasteiger partial charge in [-0.25, -0.2) is 0 Å². The highest BCUT2D eigenvalue weighted by molar-refractivity contribution is 9.10. The first-order chi connectivity index (χ1) is 7.04. The van der Waals surface area contributed by atoms with Gasteiger partial charge in [0.2, 0.25) is 0 Å². The Morgan fingerprint density at radius 3 is 2.27 bits per heavy atom. The highest BCUT2D eigenvalue weighted by Gasteiger charge is 2.15. The quantitative estimate of drug-likeness (QED) is 0.789. The smallest absolute Gasteiger partial charge is 0.125 e. The molecule has 3 heteroatoms. The molecule has 0 amide bonds. The summed E-state index contributed by atoms with van der Waals surface area (Å²) in [4.78, 5) is 10.6. The molecule has 0 unspecified atom stereocenters. The maximum Gasteiger partial charge on any atom is 0.125 e. The number of ether oxygens (including phenoxy) is 1. The van der Waals surface area contributed by atoms with Gasteiger partial charge in [-0.1, -0.05) is 15.9 Å². The second-order valence-electron chi connectivity index (χ2n) is 3.57. The molecule has 1 rings (SSSR count). The Kier molecular flexibility index (Phi) is 3.91. The Hall–Kier alpha value is -0.830. The highest BCUT2D eigenvalue weighted by atomic mass is 79.9. The molecule has 0 aliphatic heterocycles. The third kappa shape index (κ3) is 2.07. The lowest BCUT2D eigenvalue weighted by Crippen LogP contribution is -2.02. The lowest BCUT2D eigenvalue weighted by atomic mass is 9.97. The number of carbonyl (C=O) groups excluding carboxylic acids is 1. The molecule has 0 saturated heterocycles. The molecule has 2 nitrogen and oxygen atoms in total. The van der Waals surface area contributed by atoms with Crippen LogP contribution >= 0.6 is 15.9 Å². The average molecular weight is 271 g/mol. The van der Waals surface area contributed by atoms with E-state index in [9.17, 15) is 4.79 Å². The Morgan fingerprint density at radius 1 is 1.20 bits per heavy atom. The third-order valence-corrected chi connectivity index (χ3v) is 3.97. The van der Waals surface area contributed by atoms with E-state index in [1.807, 2.05) is 20.8 Å². The Morgan fingerprint density at radius 2 is 1.80 bits per heavy atom. The Bertz CT molecular complexity index is 397. The van der Waals surface area contributed by atoms with Crippen molar-refractivity contribution in [2.45, 2.75) is 27.2 Å². The van der Waals surface area contributed by atoms with E-state index in [1.54, 1.807) is 7.11 Å². The molecule has 0 aliphatic carbocycles. The van der Waals surface area contributed by atoms with E-state index < -0.39 is 0 Å². The van der Waals surface area contributed by atoms with Crippen molar-refractivity contribution in [1.29, 1.82) is 0 Å². The summed E-state index contributed by atoms with van der Waals surface area (Å²) in [6, 6.07) is 0. The van der Waals surface area contributed by atoms with Gasteiger partial charge in [-0.2, -0.15) is 0 Å². The zero-order valence-corrected chi connectivity index (χ0v) is 11.1. The number of aldehydes is 1. The molecule has 0 bridgehead atoms. The Labute approximate surface area is 98.8 Å². The summed E-state index contributed by atoms with van der Waals surface area (Å²) in [6.45, 7) is 6.05. The first-order valence-corrected chi connectivity index (χ1v) is 5.59. The standard InChI is InChI=1S/C12H15BrO2/c1-7-8(2)12(15-4)10(5-6-14)9(3)11(7)13/h6H,5H2,1-4H3. The van der Waals surface area contributed by atoms with E-state index >= 15 is 0 Å². The normalized spacial score (nSPS) is 10.2. The summed E-state index contributed by atoms with van der Waals surface area (Å²) in [7, 11) is 1.64. The molecule has 82 valence electrons. The van der Waals surface area contributed by atoms with Crippen LogP contribution in [0.15, 0.2) is 4.47 Å². The van der Waals surface area contributed by atoms with Crippen LogP contribution in [0.2, 0.25) is 0 Å². The van der Waals surface area contributed by atoms with Crippen molar-refractivity contribution >= 4 is 22.2 Å². The molecule has 15 heavy (non-hydrogen) atoms.